The molecule has 0 saturated heterocycles. The maximum absolute atomic E-state index is 3.34. The first kappa shape index (κ1) is 9.28. The first-order valence-electron chi connectivity index (χ1n) is 4.95. The van der Waals surface area contributed by atoms with Crippen LogP contribution in [0.1, 0.15) is 16.7 Å². The van der Waals surface area contributed by atoms with Gasteiger partial charge in [-0.3, -0.25) is 0 Å². The van der Waals surface area contributed by atoms with Crippen LogP contribution in [0.3, 0.4) is 0 Å². The molecule has 0 saturated carbocycles. The lowest BCUT2D eigenvalue weighted by molar-refractivity contribution is 0.823. The zero-order valence-electron chi connectivity index (χ0n) is 8.94. The third-order valence-electron chi connectivity index (χ3n) is 2.70. The molecule has 0 amide bonds. The molecule has 2 N–H and O–H groups in total. The fourth-order valence-electron chi connectivity index (χ4n) is 1.97. The standard InChI is InChI=1S/C12H16N2/c1-8-4-5-9(2)12-11(8)10(6-13-3)7-14-12/h4-5,7,13-14H,6H2,1-3H3. The van der Waals surface area contributed by atoms with Crippen molar-refractivity contribution in [3.63, 3.8) is 0 Å². The van der Waals surface area contributed by atoms with Gasteiger partial charge in [-0.25, -0.2) is 0 Å². The van der Waals surface area contributed by atoms with Gasteiger partial charge in [0, 0.05) is 23.6 Å². The van der Waals surface area contributed by atoms with Crippen LogP contribution in [0.5, 0.6) is 0 Å². The van der Waals surface area contributed by atoms with Crippen LogP contribution < -0.4 is 5.32 Å². The molecule has 0 unspecified atom stereocenters. The highest BCUT2D eigenvalue weighted by atomic mass is 14.8. The molecule has 0 aliphatic heterocycles. The van der Waals surface area contributed by atoms with Gasteiger partial charge in [0.05, 0.1) is 0 Å². The first-order chi connectivity index (χ1) is 6.74. The van der Waals surface area contributed by atoms with Crippen molar-refractivity contribution in [1.29, 1.82) is 0 Å². The summed E-state index contributed by atoms with van der Waals surface area (Å²) < 4.78 is 0. The molecule has 0 radical (unpaired) electrons. The van der Waals surface area contributed by atoms with E-state index >= 15 is 0 Å². The van der Waals surface area contributed by atoms with Gasteiger partial charge in [0.2, 0.25) is 0 Å². The molecule has 0 spiro atoms. The summed E-state index contributed by atoms with van der Waals surface area (Å²) in [5.41, 5.74) is 5.28. The monoisotopic (exact) mass is 188 g/mol. The van der Waals surface area contributed by atoms with Gasteiger partial charge in [-0.2, -0.15) is 0 Å². The highest BCUT2D eigenvalue weighted by Crippen LogP contribution is 2.24. The maximum atomic E-state index is 3.34. The number of hydrogen-bond donors (Lipinski definition) is 2. The fraction of sp³-hybridized carbons (Fsp3) is 0.333. The van der Waals surface area contributed by atoms with Crippen LogP contribution in [0.2, 0.25) is 0 Å². The number of fused-ring (bicyclic) bond motifs is 1. The van der Waals surface area contributed by atoms with E-state index in [0.29, 0.717) is 0 Å². The van der Waals surface area contributed by atoms with Crippen LogP contribution in [-0.2, 0) is 6.54 Å². The Morgan fingerprint density at radius 3 is 2.64 bits per heavy atom. The van der Waals surface area contributed by atoms with E-state index in [0.717, 1.165) is 6.54 Å². The van der Waals surface area contributed by atoms with E-state index in [1.54, 1.807) is 0 Å². The Morgan fingerprint density at radius 1 is 1.21 bits per heavy atom. The highest BCUT2D eigenvalue weighted by molar-refractivity contribution is 5.88. The van der Waals surface area contributed by atoms with Gasteiger partial charge >= 0.3 is 0 Å². The number of aromatic amines is 1. The zero-order valence-corrected chi connectivity index (χ0v) is 8.94. The third-order valence-corrected chi connectivity index (χ3v) is 2.70. The summed E-state index contributed by atoms with van der Waals surface area (Å²) in [7, 11) is 1.98. The second-order valence-electron chi connectivity index (χ2n) is 3.79. The molecule has 0 atom stereocenters. The zero-order chi connectivity index (χ0) is 10.1. The van der Waals surface area contributed by atoms with E-state index in [2.05, 4.69) is 42.5 Å². The first-order valence-corrected chi connectivity index (χ1v) is 4.95. The molecule has 0 bridgehead atoms. The summed E-state index contributed by atoms with van der Waals surface area (Å²) in [6, 6.07) is 4.35. The van der Waals surface area contributed by atoms with E-state index in [4.69, 9.17) is 0 Å². The summed E-state index contributed by atoms with van der Waals surface area (Å²) in [5, 5.41) is 4.56. The van der Waals surface area contributed by atoms with Crippen LogP contribution in [-0.4, -0.2) is 12.0 Å². The minimum Gasteiger partial charge on any atom is -0.361 e. The molecule has 0 aliphatic carbocycles. The topological polar surface area (TPSA) is 27.8 Å². The van der Waals surface area contributed by atoms with Crippen LogP contribution in [0.15, 0.2) is 18.3 Å². The summed E-state index contributed by atoms with van der Waals surface area (Å²) in [6.07, 6.45) is 2.10. The van der Waals surface area contributed by atoms with E-state index in [1.165, 1.54) is 27.6 Å². The predicted molar refractivity (Wildman–Crippen MR) is 60.5 cm³/mol. The Balaban J connectivity index is 2.70. The Kier molecular flexibility index (Phi) is 2.30. The number of aromatic nitrogens is 1. The molecule has 0 fully saturated rings. The van der Waals surface area contributed by atoms with Gasteiger partial charge in [-0.1, -0.05) is 12.1 Å². The molecule has 2 rings (SSSR count). The molecule has 2 nitrogen and oxygen atoms in total. The maximum Gasteiger partial charge on any atom is 0.0489 e. The van der Waals surface area contributed by atoms with Crippen molar-refractivity contribution in [2.75, 3.05) is 7.05 Å². The van der Waals surface area contributed by atoms with Crippen molar-refractivity contribution in [3.8, 4) is 0 Å². The van der Waals surface area contributed by atoms with Crippen molar-refractivity contribution in [3.05, 3.63) is 35.0 Å². The number of rotatable bonds is 2. The van der Waals surface area contributed by atoms with Crippen LogP contribution in [0.4, 0.5) is 0 Å². The van der Waals surface area contributed by atoms with Crippen molar-refractivity contribution in [2.24, 2.45) is 0 Å². The summed E-state index contributed by atoms with van der Waals surface area (Å²) in [4.78, 5) is 3.34. The van der Waals surface area contributed by atoms with Crippen molar-refractivity contribution in [1.82, 2.24) is 10.3 Å². The molecule has 2 aromatic rings. The second-order valence-corrected chi connectivity index (χ2v) is 3.79. The Morgan fingerprint density at radius 2 is 1.93 bits per heavy atom. The van der Waals surface area contributed by atoms with Gasteiger partial charge < -0.3 is 10.3 Å². The number of aryl methyl sites for hydroxylation is 2. The molecule has 0 aliphatic rings. The highest BCUT2D eigenvalue weighted by Gasteiger charge is 2.06. The molecule has 1 heterocycles. The average Bonchev–Trinajstić information content (AvgIpc) is 2.58. The van der Waals surface area contributed by atoms with E-state index in [-0.39, 0.29) is 0 Å². The quantitative estimate of drug-likeness (QED) is 0.744. The second kappa shape index (κ2) is 3.46. The predicted octanol–water partition coefficient (Wildman–Crippen LogP) is 2.50. The molecule has 2 heteroatoms. The van der Waals surface area contributed by atoms with E-state index in [1.807, 2.05) is 7.05 Å². The number of H-pyrrole nitrogens is 1. The van der Waals surface area contributed by atoms with Crippen molar-refractivity contribution < 1.29 is 0 Å². The lowest BCUT2D eigenvalue weighted by atomic mass is 10.0. The third kappa shape index (κ3) is 1.32. The lowest BCUT2D eigenvalue weighted by Gasteiger charge is -2.03. The van der Waals surface area contributed by atoms with Crippen molar-refractivity contribution in [2.45, 2.75) is 20.4 Å². The van der Waals surface area contributed by atoms with Crippen LogP contribution >= 0.6 is 0 Å². The van der Waals surface area contributed by atoms with Crippen LogP contribution in [0.25, 0.3) is 10.9 Å². The van der Waals surface area contributed by atoms with Gasteiger partial charge in [0.15, 0.2) is 0 Å². The molecule has 74 valence electrons. The van der Waals surface area contributed by atoms with Gasteiger partial charge in [-0.05, 0) is 37.6 Å². The lowest BCUT2D eigenvalue weighted by Crippen LogP contribution is -2.04. The van der Waals surface area contributed by atoms with Gasteiger partial charge in [0.1, 0.15) is 0 Å². The van der Waals surface area contributed by atoms with E-state index < -0.39 is 0 Å². The average molecular weight is 188 g/mol. The SMILES string of the molecule is CNCc1c[nH]c2c(C)ccc(C)c12. The summed E-state index contributed by atoms with van der Waals surface area (Å²) in [6.45, 7) is 5.22. The molecule has 14 heavy (non-hydrogen) atoms. The minimum atomic E-state index is 0.921. The largest absolute Gasteiger partial charge is 0.361 e. The number of nitrogens with one attached hydrogen (secondary N) is 2. The smallest absolute Gasteiger partial charge is 0.0489 e. The molecule has 1 aromatic heterocycles. The van der Waals surface area contributed by atoms with Crippen molar-refractivity contribution >= 4 is 10.9 Å². The number of hydrogen-bond acceptors (Lipinski definition) is 1. The van der Waals surface area contributed by atoms with Gasteiger partial charge in [0.25, 0.3) is 0 Å². The van der Waals surface area contributed by atoms with Crippen LogP contribution in [0, 0.1) is 13.8 Å². The Labute approximate surface area is 84.3 Å². The summed E-state index contributed by atoms with van der Waals surface area (Å²) in [5.74, 6) is 0. The minimum absolute atomic E-state index is 0.921. The normalized spacial score (nSPS) is 11.1. The Bertz CT molecular complexity index is 455. The molecule has 1 aromatic carbocycles. The molecular formula is C12H16N2. The summed E-state index contributed by atoms with van der Waals surface area (Å²) >= 11 is 0. The fourth-order valence-corrected chi connectivity index (χ4v) is 1.97. The molecular weight excluding hydrogens is 172 g/mol. The Hall–Kier alpha value is -1.28. The van der Waals surface area contributed by atoms with Gasteiger partial charge in [-0.15, -0.1) is 0 Å². The van der Waals surface area contributed by atoms with E-state index in [9.17, 15) is 0 Å². The number of benzene rings is 1.